The molecular formula is C22H24F3N3O2. The number of nitrogens with two attached hydrogens (primary N) is 1. The molecule has 1 fully saturated rings. The van der Waals surface area contributed by atoms with Gasteiger partial charge in [0, 0.05) is 36.3 Å². The molecule has 160 valence electrons. The monoisotopic (exact) mass is 419 g/mol. The number of carbonyl (C=O) groups is 2. The van der Waals surface area contributed by atoms with Gasteiger partial charge in [0.15, 0.2) is 0 Å². The summed E-state index contributed by atoms with van der Waals surface area (Å²) in [6.45, 7) is 2.31. The summed E-state index contributed by atoms with van der Waals surface area (Å²) in [5.41, 5.74) is 6.01. The van der Waals surface area contributed by atoms with Crippen molar-refractivity contribution in [1.29, 1.82) is 0 Å². The summed E-state index contributed by atoms with van der Waals surface area (Å²) in [6, 6.07) is 11.7. The van der Waals surface area contributed by atoms with E-state index in [9.17, 15) is 22.8 Å². The van der Waals surface area contributed by atoms with Crippen molar-refractivity contribution < 1.29 is 22.8 Å². The van der Waals surface area contributed by atoms with Crippen LogP contribution in [-0.2, 0) is 11.0 Å². The van der Waals surface area contributed by atoms with Gasteiger partial charge in [0.1, 0.15) is 0 Å². The van der Waals surface area contributed by atoms with Crippen LogP contribution >= 0.6 is 0 Å². The average molecular weight is 419 g/mol. The SMILES string of the molecule is CC(c1cccc(C(F)(F)F)c1)N(CCC(=O)Nc1ccc(C(N)=O)cc1)C1CC1. The molecular weight excluding hydrogens is 395 g/mol. The molecule has 0 radical (unpaired) electrons. The molecule has 0 aromatic heterocycles. The Morgan fingerprint density at radius 3 is 2.40 bits per heavy atom. The van der Waals surface area contributed by atoms with E-state index in [2.05, 4.69) is 10.2 Å². The van der Waals surface area contributed by atoms with E-state index in [0.29, 0.717) is 23.4 Å². The van der Waals surface area contributed by atoms with Gasteiger partial charge < -0.3 is 11.1 Å². The zero-order chi connectivity index (χ0) is 21.9. The van der Waals surface area contributed by atoms with Gasteiger partial charge in [-0.3, -0.25) is 14.5 Å². The molecule has 0 aliphatic heterocycles. The Morgan fingerprint density at radius 1 is 1.17 bits per heavy atom. The van der Waals surface area contributed by atoms with Crippen molar-refractivity contribution in [2.75, 3.05) is 11.9 Å². The molecule has 1 unspecified atom stereocenters. The van der Waals surface area contributed by atoms with E-state index in [0.717, 1.165) is 18.9 Å². The van der Waals surface area contributed by atoms with Crippen LogP contribution in [0, 0.1) is 0 Å². The lowest BCUT2D eigenvalue weighted by Crippen LogP contribution is -2.32. The molecule has 2 amide bonds. The smallest absolute Gasteiger partial charge is 0.366 e. The summed E-state index contributed by atoms with van der Waals surface area (Å²) >= 11 is 0. The highest BCUT2D eigenvalue weighted by molar-refractivity contribution is 5.94. The number of primary amides is 1. The van der Waals surface area contributed by atoms with Crippen molar-refractivity contribution in [2.45, 2.75) is 44.4 Å². The van der Waals surface area contributed by atoms with E-state index in [4.69, 9.17) is 5.73 Å². The Kier molecular flexibility index (Phi) is 6.45. The molecule has 5 nitrogen and oxygen atoms in total. The maximum Gasteiger partial charge on any atom is 0.416 e. The van der Waals surface area contributed by atoms with E-state index in [1.807, 2.05) is 6.92 Å². The molecule has 0 spiro atoms. The molecule has 2 aromatic rings. The number of rotatable bonds is 8. The summed E-state index contributed by atoms with van der Waals surface area (Å²) in [5, 5.41) is 2.76. The number of hydrogen-bond acceptors (Lipinski definition) is 3. The third-order valence-corrected chi connectivity index (χ3v) is 5.26. The normalized spacial score (nSPS) is 15.1. The standard InChI is InChI=1S/C22H24F3N3O2/c1-14(16-3-2-4-17(13-16)22(23,24)25)28(19-9-10-19)12-11-20(29)27-18-7-5-15(6-8-18)21(26)30/h2-8,13-14,19H,9-12H2,1H3,(H2,26,30)(H,27,29). The van der Waals surface area contributed by atoms with Crippen molar-refractivity contribution in [3.63, 3.8) is 0 Å². The number of anilines is 1. The number of alkyl halides is 3. The Labute approximate surface area is 173 Å². The number of halogens is 3. The second-order valence-corrected chi connectivity index (χ2v) is 7.51. The van der Waals surface area contributed by atoms with Crippen LogP contribution in [0.25, 0.3) is 0 Å². The van der Waals surface area contributed by atoms with Gasteiger partial charge in [0.05, 0.1) is 5.56 Å². The van der Waals surface area contributed by atoms with Gasteiger partial charge in [0.2, 0.25) is 11.8 Å². The van der Waals surface area contributed by atoms with Gasteiger partial charge in [-0.05, 0) is 61.7 Å². The molecule has 1 atom stereocenters. The van der Waals surface area contributed by atoms with Crippen LogP contribution < -0.4 is 11.1 Å². The summed E-state index contributed by atoms with van der Waals surface area (Å²) in [6.07, 6.45) is -2.24. The Balaban J connectivity index is 1.62. The molecule has 3 N–H and O–H groups in total. The maximum atomic E-state index is 13.0. The molecule has 0 saturated heterocycles. The first-order chi connectivity index (χ1) is 14.1. The molecule has 8 heteroatoms. The van der Waals surface area contributed by atoms with Crippen LogP contribution in [-0.4, -0.2) is 29.3 Å². The lowest BCUT2D eigenvalue weighted by Gasteiger charge is -2.29. The van der Waals surface area contributed by atoms with Crippen LogP contribution in [0.1, 0.15) is 53.7 Å². The quantitative estimate of drug-likeness (QED) is 0.668. The Hall–Kier alpha value is -2.87. The fraction of sp³-hybridized carbons (Fsp3) is 0.364. The van der Waals surface area contributed by atoms with E-state index in [1.54, 1.807) is 18.2 Å². The van der Waals surface area contributed by atoms with E-state index in [1.165, 1.54) is 24.3 Å². The zero-order valence-corrected chi connectivity index (χ0v) is 16.6. The van der Waals surface area contributed by atoms with Crippen molar-refractivity contribution >= 4 is 17.5 Å². The molecule has 0 bridgehead atoms. The minimum absolute atomic E-state index is 0.205. The first kappa shape index (κ1) is 21.8. The molecule has 1 aliphatic rings. The molecule has 30 heavy (non-hydrogen) atoms. The van der Waals surface area contributed by atoms with Crippen LogP contribution in [0.3, 0.4) is 0 Å². The maximum absolute atomic E-state index is 13.0. The van der Waals surface area contributed by atoms with Crippen molar-refractivity contribution in [1.82, 2.24) is 4.90 Å². The molecule has 3 rings (SSSR count). The van der Waals surface area contributed by atoms with Gasteiger partial charge in [-0.15, -0.1) is 0 Å². The first-order valence-corrected chi connectivity index (χ1v) is 9.78. The topological polar surface area (TPSA) is 75.4 Å². The third-order valence-electron chi connectivity index (χ3n) is 5.26. The minimum atomic E-state index is -4.38. The number of hydrogen-bond donors (Lipinski definition) is 2. The third kappa shape index (κ3) is 5.60. The first-order valence-electron chi connectivity index (χ1n) is 9.78. The Morgan fingerprint density at radius 2 is 1.83 bits per heavy atom. The summed E-state index contributed by atoms with van der Waals surface area (Å²) in [4.78, 5) is 25.5. The average Bonchev–Trinajstić information content (AvgIpc) is 3.53. The molecule has 2 aromatic carbocycles. The largest absolute Gasteiger partial charge is 0.416 e. The van der Waals surface area contributed by atoms with Crippen molar-refractivity contribution in [2.24, 2.45) is 5.73 Å². The van der Waals surface area contributed by atoms with Gasteiger partial charge >= 0.3 is 6.18 Å². The Bertz CT molecular complexity index is 909. The highest BCUT2D eigenvalue weighted by Gasteiger charge is 2.34. The van der Waals surface area contributed by atoms with Gasteiger partial charge in [-0.1, -0.05) is 12.1 Å². The summed E-state index contributed by atoms with van der Waals surface area (Å²) in [7, 11) is 0. The number of carbonyl (C=O) groups excluding carboxylic acids is 2. The van der Waals surface area contributed by atoms with Crippen molar-refractivity contribution in [3.05, 3.63) is 65.2 Å². The van der Waals surface area contributed by atoms with Gasteiger partial charge in [0.25, 0.3) is 0 Å². The van der Waals surface area contributed by atoms with E-state index >= 15 is 0 Å². The van der Waals surface area contributed by atoms with Crippen LogP contribution in [0.15, 0.2) is 48.5 Å². The van der Waals surface area contributed by atoms with Crippen molar-refractivity contribution in [3.8, 4) is 0 Å². The highest BCUT2D eigenvalue weighted by atomic mass is 19.4. The second kappa shape index (κ2) is 8.87. The fourth-order valence-corrected chi connectivity index (χ4v) is 3.44. The van der Waals surface area contributed by atoms with Gasteiger partial charge in [-0.25, -0.2) is 0 Å². The summed E-state index contributed by atoms with van der Waals surface area (Å²) < 4.78 is 39.1. The second-order valence-electron chi connectivity index (χ2n) is 7.51. The van der Waals surface area contributed by atoms with Crippen LogP contribution in [0.2, 0.25) is 0 Å². The lowest BCUT2D eigenvalue weighted by atomic mass is 10.0. The van der Waals surface area contributed by atoms with Crippen LogP contribution in [0.5, 0.6) is 0 Å². The zero-order valence-electron chi connectivity index (χ0n) is 16.6. The molecule has 1 aliphatic carbocycles. The van der Waals surface area contributed by atoms with E-state index in [-0.39, 0.29) is 24.4 Å². The number of amides is 2. The highest BCUT2D eigenvalue weighted by Crippen LogP contribution is 2.36. The molecule has 0 heterocycles. The van der Waals surface area contributed by atoms with Crippen LogP contribution in [0.4, 0.5) is 18.9 Å². The molecule has 1 saturated carbocycles. The number of benzene rings is 2. The summed E-state index contributed by atoms with van der Waals surface area (Å²) in [5.74, 6) is -0.750. The van der Waals surface area contributed by atoms with E-state index < -0.39 is 17.6 Å². The number of nitrogens with zero attached hydrogens (tertiary/aromatic N) is 1. The number of nitrogens with one attached hydrogen (secondary N) is 1. The predicted octanol–water partition coefficient (Wildman–Crippen LogP) is 4.36. The predicted molar refractivity (Wildman–Crippen MR) is 108 cm³/mol. The minimum Gasteiger partial charge on any atom is -0.366 e. The fourth-order valence-electron chi connectivity index (χ4n) is 3.44. The lowest BCUT2D eigenvalue weighted by molar-refractivity contribution is -0.137. The van der Waals surface area contributed by atoms with Gasteiger partial charge in [-0.2, -0.15) is 13.2 Å².